The smallest absolute Gasteiger partial charge is 0.336 e. The monoisotopic (exact) mass is 325 g/mol. The van der Waals surface area contributed by atoms with Crippen LogP contribution in [0.2, 0.25) is 0 Å². The van der Waals surface area contributed by atoms with Crippen molar-refractivity contribution in [3.63, 3.8) is 0 Å². The quantitative estimate of drug-likeness (QED) is 0.853. The zero-order chi connectivity index (χ0) is 17.7. The molecule has 3 rings (SSSR count). The van der Waals surface area contributed by atoms with E-state index in [0.29, 0.717) is 5.56 Å². The van der Waals surface area contributed by atoms with E-state index in [-0.39, 0.29) is 17.0 Å². The van der Waals surface area contributed by atoms with Crippen LogP contribution in [-0.4, -0.2) is 34.1 Å². The molecule has 2 aromatic carbocycles. The number of nitrogens with zero attached hydrogens (tertiary/aromatic N) is 1. The molecular weight excluding hydrogens is 298 g/mol. The third-order valence-corrected chi connectivity index (χ3v) is 6.22. The van der Waals surface area contributed by atoms with E-state index < -0.39 is 5.97 Å². The molecule has 1 fully saturated rings. The Labute approximate surface area is 144 Å². The van der Waals surface area contributed by atoms with Crippen LogP contribution in [0.15, 0.2) is 36.4 Å². The molecule has 3 nitrogen and oxygen atoms in total. The summed E-state index contributed by atoms with van der Waals surface area (Å²) in [5, 5.41) is 11.7. The maximum absolute atomic E-state index is 12.1. The van der Waals surface area contributed by atoms with Gasteiger partial charge >= 0.3 is 5.97 Å². The van der Waals surface area contributed by atoms with Gasteiger partial charge in [0.1, 0.15) is 0 Å². The summed E-state index contributed by atoms with van der Waals surface area (Å²) in [4.78, 5) is 14.5. The van der Waals surface area contributed by atoms with Crippen molar-refractivity contribution in [1.82, 2.24) is 4.90 Å². The van der Waals surface area contributed by atoms with E-state index >= 15 is 0 Å². The third-order valence-electron chi connectivity index (χ3n) is 6.22. The molecule has 3 heteroatoms. The average Bonchev–Trinajstić information content (AvgIpc) is 2.52. The van der Waals surface area contributed by atoms with Gasteiger partial charge in [0.25, 0.3) is 0 Å². The first-order valence-corrected chi connectivity index (χ1v) is 8.65. The third kappa shape index (κ3) is 2.51. The normalized spacial score (nSPS) is 23.3. The number of carbonyl (C=O) groups is 1. The highest BCUT2D eigenvalue weighted by Crippen LogP contribution is 2.47. The Morgan fingerprint density at radius 2 is 1.79 bits per heavy atom. The van der Waals surface area contributed by atoms with Crippen molar-refractivity contribution >= 4 is 16.7 Å². The van der Waals surface area contributed by atoms with Gasteiger partial charge in [0.2, 0.25) is 0 Å². The molecule has 1 aliphatic rings. The van der Waals surface area contributed by atoms with Crippen molar-refractivity contribution in [2.45, 2.75) is 57.5 Å². The number of aromatic carboxylic acids is 1. The fraction of sp³-hybridized carbons (Fsp3) is 0.476. The molecule has 128 valence electrons. The zero-order valence-corrected chi connectivity index (χ0v) is 15.3. The largest absolute Gasteiger partial charge is 0.478 e. The van der Waals surface area contributed by atoms with Gasteiger partial charge in [0, 0.05) is 17.0 Å². The highest BCUT2D eigenvalue weighted by atomic mass is 16.4. The molecule has 0 saturated carbocycles. The topological polar surface area (TPSA) is 40.5 Å². The van der Waals surface area contributed by atoms with Crippen LogP contribution in [0.4, 0.5) is 0 Å². The van der Waals surface area contributed by atoms with Gasteiger partial charge in [-0.25, -0.2) is 4.79 Å². The van der Waals surface area contributed by atoms with Crippen molar-refractivity contribution in [3.05, 3.63) is 47.5 Å². The second-order valence-electron chi connectivity index (χ2n) is 8.17. The minimum Gasteiger partial charge on any atom is -0.478 e. The van der Waals surface area contributed by atoms with Crippen LogP contribution in [0.3, 0.4) is 0 Å². The molecule has 24 heavy (non-hydrogen) atoms. The minimum absolute atomic E-state index is 0.103. The van der Waals surface area contributed by atoms with E-state index in [0.717, 1.165) is 29.2 Å². The number of fused-ring (bicyclic) bond motifs is 1. The zero-order valence-electron chi connectivity index (χ0n) is 15.3. The van der Waals surface area contributed by atoms with E-state index in [1.165, 1.54) is 0 Å². The first kappa shape index (κ1) is 17.0. The van der Waals surface area contributed by atoms with Crippen LogP contribution in [-0.2, 0) is 0 Å². The number of hydrogen-bond acceptors (Lipinski definition) is 2. The second kappa shape index (κ2) is 5.59. The van der Waals surface area contributed by atoms with Gasteiger partial charge in [-0.3, -0.25) is 4.90 Å². The molecule has 0 aromatic heterocycles. The van der Waals surface area contributed by atoms with Crippen molar-refractivity contribution < 1.29 is 9.90 Å². The van der Waals surface area contributed by atoms with Crippen LogP contribution < -0.4 is 0 Å². The maximum atomic E-state index is 12.1. The van der Waals surface area contributed by atoms with Crippen molar-refractivity contribution in [3.8, 4) is 0 Å². The molecule has 1 heterocycles. The molecule has 1 aliphatic heterocycles. The minimum atomic E-state index is -0.829. The number of piperidine rings is 1. The molecule has 1 N–H and O–H groups in total. The summed E-state index contributed by atoms with van der Waals surface area (Å²) in [5.74, 6) is -0.628. The molecule has 0 aliphatic carbocycles. The average molecular weight is 325 g/mol. The SMILES string of the molecule is CN1C(C)(C)CCC(c2ccc3ccccc3c2C(=O)O)C1(C)C. The summed E-state index contributed by atoms with van der Waals surface area (Å²) < 4.78 is 0. The lowest BCUT2D eigenvalue weighted by molar-refractivity contribution is -0.0189. The van der Waals surface area contributed by atoms with E-state index in [9.17, 15) is 9.90 Å². The molecule has 1 unspecified atom stereocenters. The highest BCUT2D eigenvalue weighted by Gasteiger charge is 2.46. The van der Waals surface area contributed by atoms with Crippen LogP contribution in [0.1, 0.15) is 62.4 Å². The molecule has 2 aromatic rings. The molecule has 1 saturated heterocycles. The predicted molar refractivity (Wildman–Crippen MR) is 98.8 cm³/mol. The Morgan fingerprint density at radius 1 is 1.12 bits per heavy atom. The van der Waals surface area contributed by atoms with Crippen LogP contribution in [0, 0.1) is 0 Å². The molecule has 0 bridgehead atoms. The lowest BCUT2D eigenvalue weighted by Crippen LogP contribution is -2.59. The van der Waals surface area contributed by atoms with Gasteiger partial charge in [-0.2, -0.15) is 0 Å². The van der Waals surface area contributed by atoms with Crippen molar-refractivity contribution in [2.75, 3.05) is 7.05 Å². The summed E-state index contributed by atoms with van der Waals surface area (Å²) in [6, 6.07) is 11.9. The fourth-order valence-corrected chi connectivity index (χ4v) is 4.39. The summed E-state index contributed by atoms with van der Waals surface area (Å²) in [5.41, 5.74) is 1.46. The number of rotatable bonds is 2. The lowest BCUT2D eigenvalue weighted by atomic mass is 9.68. The summed E-state index contributed by atoms with van der Waals surface area (Å²) >= 11 is 0. The van der Waals surface area contributed by atoms with E-state index in [4.69, 9.17) is 0 Å². The Morgan fingerprint density at radius 3 is 2.46 bits per heavy atom. The van der Waals surface area contributed by atoms with Gasteiger partial charge in [0.15, 0.2) is 0 Å². The number of hydrogen-bond donors (Lipinski definition) is 1. The summed E-state index contributed by atoms with van der Waals surface area (Å²) in [6.45, 7) is 9.01. The Bertz CT molecular complexity index is 792. The molecule has 0 spiro atoms. The molecule has 0 radical (unpaired) electrons. The second-order valence-corrected chi connectivity index (χ2v) is 8.17. The van der Waals surface area contributed by atoms with E-state index in [1.807, 2.05) is 30.3 Å². The first-order chi connectivity index (χ1) is 11.2. The van der Waals surface area contributed by atoms with Gasteiger partial charge in [-0.15, -0.1) is 0 Å². The highest BCUT2D eigenvalue weighted by molar-refractivity contribution is 6.05. The number of benzene rings is 2. The standard InChI is InChI=1S/C21H27NO2/c1-20(2)13-12-17(21(3,4)22(20)5)16-11-10-14-8-6-7-9-15(14)18(16)19(23)24/h6-11,17H,12-13H2,1-5H3,(H,23,24). The molecule has 1 atom stereocenters. The lowest BCUT2D eigenvalue weighted by Gasteiger charge is -2.55. The van der Waals surface area contributed by atoms with Gasteiger partial charge in [0.05, 0.1) is 5.56 Å². The predicted octanol–water partition coefficient (Wildman–Crippen LogP) is 4.90. The maximum Gasteiger partial charge on any atom is 0.336 e. The van der Waals surface area contributed by atoms with Gasteiger partial charge in [-0.1, -0.05) is 36.4 Å². The summed E-state index contributed by atoms with van der Waals surface area (Å²) in [6.07, 6.45) is 2.06. The van der Waals surface area contributed by atoms with Crippen molar-refractivity contribution in [2.24, 2.45) is 0 Å². The van der Waals surface area contributed by atoms with Crippen LogP contribution in [0.5, 0.6) is 0 Å². The number of carboxylic acid groups (broad SMARTS) is 1. The molecular formula is C21H27NO2. The van der Waals surface area contributed by atoms with E-state index in [2.05, 4.69) is 45.7 Å². The van der Waals surface area contributed by atoms with Gasteiger partial charge in [-0.05, 0) is 63.9 Å². The number of likely N-dealkylation sites (N-methyl/N-ethyl adjacent to an activating group) is 1. The van der Waals surface area contributed by atoms with Crippen molar-refractivity contribution in [1.29, 1.82) is 0 Å². The van der Waals surface area contributed by atoms with Gasteiger partial charge < -0.3 is 5.11 Å². The fourth-order valence-electron chi connectivity index (χ4n) is 4.39. The molecule has 0 amide bonds. The van der Waals surface area contributed by atoms with Crippen LogP contribution >= 0.6 is 0 Å². The Balaban J connectivity index is 2.19. The first-order valence-electron chi connectivity index (χ1n) is 8.65. The Hall–Kier alpha value is -1.87. The summed E-state index contributed by atoms with van der Waals surface area (Å²) in [7, 11) is 2.16. The van der Waals surface area contributed by atoms with Crippen LogP contribution in [0.25, 0.3) is 10.8 Å². The van der Waals surface area contributed by atoms with E-state index in [1.54, 1.807) is 0 Å². The number of carboxylic acids is 1. The Kier molecular flexibility index (Phi) is 3.95. The number of likely N-dealkylation sites (tertiary alicyclic amines) is 1.